The Morgan fingerprint density at radius 2 is 1.70 bits per heavy atom. The molecule has 0 N–H and O–H groups in total. The molecular formula is C23H36N2O5. The quantitative estimate of drug-likeness (QED) is 0.505. The zero-order chi connectivity index (χ0) is 22.4. The van der Waals surface area contributed by atoms with E-state index in [0.717, 1.165) is 6.42 Å². The molecular weight excluding hydrogens is 384 g/mol. The van der Waals surface area contributed by atoms with Crippen LogP contribution in [0, 0.1) is 11.8 Å². The van der Waals surface area contributed by atoms with Crippen LogP contribution in [0.5, 0.6) is 0 Å². The number of hydrogen-bond donors (Lipinski definition) is 0. The van der Waals surface area contributed by atoms with Crippen LogP contribution in [0.25, 0.3) is 0 Å². The Bertz CT molecular complexity index is 733. The summed E-state index contributed by atoms with van der Waals surface area (Å²) in [6.45, 7) is 13.5. The molecule has 30 heavy (non-hydrogen) atoms. The largest absolute Gasteiger partial charge is 0.458 e. The van der Waals surface area contributed by atoms with Crippen molar-refractivity contribution in [2.45, 2.75) is 97.1 Å². The number of amides is 2. The van der Waals surface area contributed by atoms with Crippen molar-refractivity contribution in [2.75, 3.05) is 6.54 Å². The lowest BCUT2D eigenvalue weighted by atomic mass is 9.94. The van der Waals surface area contributed by atoms with E-state index in [1.54, 1.807) is 4.90 Å². The molecule has 3 aliphatic rings. The second-order valence-corrected chi connectivity index (χ2v) is 10.6. The van der Waals surface area contributed by atoms with E-state index < -0.39 is 29.4 Å². The number of carbonyl (C=O) groups excluding carboxylic acids is 3. The summed E-state index contributed by atoms with van der Waals surface area (Å²) in [4.78, 5) is 42.8. The zero-order valence-corrected chi connectivity index (χ0v) is 19.3. The third-order valence-corrected chi connectivity index (χ3v) is 6.00. The first-order valence-electron chi connectivity index (χ1n) is 11.1. The van der Waals surface area contributed by atoms with Crippen LogP contribution in [0.15, 0.2) is 12.2 Å². The predicted molar refractivity (Wildman–Crippen MR) is 113 cm³/mol. The van der Waals surface area contributed by atoms with E-state index in [1.165, 1.54) is 4.90 Å². The Hall–Kier alpha value is -2.05. The summed E-state index contributed by atoms with van der Waals surface area (Å²) in [7, 11) is 0. The van der Waals surface area contributed by atoms with Crippen LogP contribution in [-0.4, -0.2) is 63.6 Å². The summed E-state index contributed by atoms with van der Waals surface area (Å²) in [5.41, 5.74) is -1.26. The third kappa shape index (κ3) is 4.49. The summed E-state index contributed by atoms with van der Waals surface area (Å²) in [6.07, 6.45) is 5.81. The topological polar surface area (TPSA) is 76.2 Å². The molecule has 0 unspecified atom stereocenters. The van der Waals surface area contributed by atoms with Gasteiger partial charge in [0.2, 0.25) is 5.91 Å². The molecule has 3 heterocycles. The van der Waals surface area contributed by atoms with E-state index in [4.69, 9.17) is 9.47 Å². The minimum Gasteiger partial charge on any atom is -0.458 e. The number of rotatable bonds is 2. The molecule has 3 rings (SSSR count). The maximum absolute atomic E-state index is 13.8. The minimum absolute atomic E-state index is 0.0626. The first-order valence-corrected chi connectivity index (χ1v) is 11.1. The summed E-state index contributed by atoms with van der Waals surface area (Å²) in [6, 6.07) is -1.41. The number of fused-ring (bicyclic) bond motifs is 2. The van der Waals surface area contributed by atoms with E-state index >= 15 is 0 Å². The molecule has 0 radical (unpaired) electrons. The normalized spacial score (nSPS) is 31.3. The molecule has 7 heteroatoms. The molecule has 0 bridgehead atoms. The monoisotopic (exact) mass is 420 g/mol. The Kier molecular flexibility index (Phi) is 5.95. The second-order valence-electron chi connectivity index (χ2n) is 10.6. The van der Waals surface area contributed by atoms with Gasteiger partial charge in [0.15, 0.2) is 0 Å². The molecule has 3 aliphatic heterocycles. The number of ether oxygens (including phenoxy) is 2. The van der Waals surface area contributed by atoms with E-state index in [9.17, 15) is 14.4 Å². The van der Waals surface area contributed by atoms with Gasteiger partial charge in [-0.3, -0.25) is 9.69 Å². The molecule has 0 aromatic heterocycles. The highest BCUT2D eigenvalue weighted by Gasteiger charge is 2.53. The number of esters is 1. The van der Waals surface area contributed by atoms with Crippen molar-refractivity contribution in [3.8, 4) is 0 Å². The number of hydrogen-bond acceptors (Lipinski definition) is 5. The average molecular weight is 421 g/mol. The third-order valence-electron chi connectivity index (χ3n) is 6.00. The van der Waals surface area contributed by atoms with Gasteiger partial charge >= 0.3 is 12.1 Å². The van der Waals surface area contributed by atoms with Gasteiger partial charge in [-0.2, -0.15) is 0 Å². The second kappa shape index (κ2) is 7.89. The van der Waals surface area contributed by atoms with Crippen molar-refractivity contribution < 1.29 is 23.9 Å². The molecule has 5 atom stereocenters. The van der Waals surface area contributed by atoms with Gasteiger partial charge in [0.05, 0.1) is 6.04 Å². The Morgan fingerprint density at radius 3 is 2.27 bits per heavy atom. The van der Waals surface area contributed by atoms with Crippen LogP contribution < -0.4 is 0 Å². The van der Waals surface area contributed by atoms with Crippen LogP contribution in [0.2, 0.25) is 0 Å². The molecule has 2 amide bonds. The van der Waals surface area contributed by atoms with Crippen molar-refractivity contribution in [1.82, 2.24) is 9.80 Å². The van der Waals surface area contributed by atoms with Crippen LogP contribution in [0.1, 0.15) is 67.7 Å². The predicted octanol–water partition coefficient (Wildman–Crippen LogP) is 3.52. The van der Waals surface area contributed by atoms with Gasteiger partial charge < -0.3 is 14.4 Å². The van der Waals surface area contributed by atoms with Crippen molar-refractivity contribution in [2.24, 2.45) is 11.8 Å². The number of nitrogens with zero attached hydrogens (tertiary/aromatic N) is 2. The minimum atomic E-state index is -0.638. The lowest BCUT2D eigenvalue weighted by Gasteiger charge is -2.35. The van der Waals surface area contributed by atoms with Gasteiger partial charge in [0.1, 0.15) is 23.3 Å². The lowest BCUT2D eigenvalue weighted by molar-refractivity contribution is -0.164. The molecule has 168 valence electrons. The van der Waals surface area contributed by atoms with E-state index in [-0.39, 0.29) is 29.8 Å². The number of carbonyl (C=O) groups is 3. The Balaban J connectivity index is 1.90. The first-order chi connectivity index (χ1) is 13.8. The fraction of sp³-hybridized carbons (Fsp3) is 0.783. The average Bonchev–Trinajstić information content (AvgIpc) is 3.14. The maximum atomic E-state index is 13.8. The molecule has 0 aromatic rings. The van der Waals surface area contributed by atoms with Gasteiger partial charge in [-0.05, 0) is 60.3 Å². The highest BCUT2D eigenvalue weighted by atomic mass is 16.6. The maximum Gasteiger partial charge on any atom is 0.410 e. The standard InChI is InChI=1S/C23H36N2O5/c1-8-14-13-17(20(27)29-22(2,3)4)25-16(14)10-9-15-11-12-24(18(15)19(25)26)21(28)30-23(5,6)7/h9-10,14-18H,8,11-13H2,1-7H3/t14-,15+,16+,17+,18+/m1/s1. The molecule has 0 aliphatic carbocycles. The van der Waals surface area contributed by atoms with E-state index in [1.807, 2.05) is 41.5 Å². The molecule has 0 aromatic carbocycles. The lowest BCUT2D eigenvalue weighted by Crippen LogP contribution is -2.55. The smallest absolute Gasteiger partial charge is 0.410 e. The van der Waals surface area contributed by atoms with Crippen molar-refractivity contribution in [1.29, 1.82) is 0 Å². The first kappa shape index (κ1) is 22.6. The van der Waals surface area contributed by atoms with E-state index in [2.05, 4.69) is 19.1 Å². The molecule has 2 fully saturated rings. The van der Waals surface area contributed by atoms with Gasteiger partial charge in [-0.15, -0.1) is 0 Å². The van der Waals surface area contributed by atoms with Gasteiger partial charge in [-0.25, -0.2) is 9.59 Å². The van der Waals surface area contributed by atoms with Crippen molar-refractivity contribution >= 4 is 18.0 Å². The molecule has 2 saturated heterocycles. The Morgan fingerprint density at radius 1 is 1.07 bits per heavy atom. The van der Waals surface area contributed by atoms with E-state index in [0.29, 0.717) is 19.4 Å². The summed E-state index contributed by atoms with van der Waals surface area (Å²) >= 11 is 0. The fourth-order valence-electron chi connectivity index (χ4n) is 4.78. The summed E-state index contributed by atoms with van der Waals surface area (Å²) in [5, 5.41) is 0. The Labute approximate surface area is 179 Å². The SMILES string of the molecule is CC[C@@H]1C[C@@H](C(=O)OC(C)(C)C)N2C(=O)[C@@H]3[C@@H](C=C[C@@H]12)CCN3C(=O)OC(C)(C)C. The van der Waals surface area contributed by atoms with Gasteiger partial charge in [0, 0.05) is 12.5 Å². The van der Waals surface area contributed by atoms with Gasteiger partial charge in [0.25, 0.3) is 0 Å². The highest BCUT2D eigenvalue weighted by Crippen LogP contribution is 2.40. The summed E-state index contributed by atoms with van der Waals surface area (Å²) in [5.74, 6) is -0.417. The summed E-state index contributed by atoms with van der Waals surface area (Å²) < 4.78 is 11.2. The van der Waals surface area contributed by atoms with Crippen LogP contribution in [-0.2, 0) is 19.1 Å². The molecule has 0 spiro atoms. The van der Waals surface area contributed by atoms with Gasteiger partial charge in [-0.1, -0.05) is 25.5 Å². The molecule has 0 saturated carbocycles. The van der Waals surface area contributed by atoms with Crippen LogP contribution in [0.3, 0.4) is 0 Å². The fourth-order valence-corrected chi connectivity index (χ4v) is 4.78. The number of likely N-dealkylation sites (tertiary alicyclic amines) is 1. The van der Waals surface area contributed by atoms with Crippen LogP contribution >= 0.6 is 0 Å². The van der Waals surface area contributed by atoms with Crippen molar-refractivity contribution in [3.63, 3.8) is 0 Å². The highest BCUT2D eigenvalue weighted by molar-refractivity contribution is 5.92. The molecule has 7 nitrogen and oxygen atoms in total. The zero-order valence-electron chi connectivity index (χ0n) is 19.3. The van der Waals surface area contributed by atoms with Crippen molar-refractivity contribution in [3.05, 3.63) is 12.2 Å². The van der Waals surface area contributed by atoms with Crippen LogP contribution in [0.4, 0.5) is 4.79 Å².